The number of nitrogens with zero attached hydrogens (tertiary/aromatic N) is 2. The minimum atomic E-state index is -5.67. The van der Waals surface area contributed by atoms with E-state index in [2.05, 4.69) is 5.16 Å². The summed E-state index contributed by atoms with van der Waals surface area (Å²) in [7, 11) is 0. The lowest BCUT2D eigenvalue weighted by molar-refractivity contribution is -0.138. The molecule has 35 heavy (non-hydrogen) atoms. The van der Waals surface area contributed by atoms with Crippen LogP contribution < -0.4 is 0 Å². The van der Waals surface area contributed by atoms with Crippen molar-refractivity contribution in [1.29, 1.82) is 0 Å². The second-order valence-corrected chi connectivity index (χ2v) is 7.47. The summed E-state index contributed by atoms with van der Waals surface area (Å²) in [6.45, 7) is -13.2. The second kappa shape index (κ2) is 11.2. The largest absolute Gasteiger partial charge is 0.416 e. The van der Waals surface area contributed by atoms with E-state index >= 15 is 0 Å². The zero-order valence-corrected chi connectivity index (χ0v) is 18.7. The van der Waals surface area contributed by atoms with Gasteiger partial charge in [-0.2, -0.15) is 13.2 Å². The van der Waals surface area contributed by atoms with Gasteiger partial charge in [0.05, 0.1) is 14.0 Å². The lowest BCUT2D eigenvalue weighted by Crippen LogP contribution is -2.36. The molecule has 1 saturated heterocycles. The second-order valence-electron chi connectivity index (χ2n) is 7.47. The molecule has 1 saturated carbocycles. The minimum absolute atomic E-state index is 0.00542. The van der Waals surface area contributed by atoms with Crippen LogP contribution in [-0.2, 0) is 30.5 Å². The summed E-state index contributed by atoms with van der Waals surface area (Å²) in [4.78, 5) is 5.08. The molecule has 0 N–H and O–H groups in total. The van der Waals surface area contributed by atoms with E-state index in [1.807, 2.05) is 0 Å². The summed E-state index contributed by atoms with van der Waals surface area (Å²) in [6, 6.07) is 3.70. The molecule has 0 aromatic heterocycles. The number of benzene rings is 2. The molecule has 0 radical (unpaired) electrons. The Hall–Kier alpha value is -2.34. The van der Waals surface area contributed by atoms with E-state index in [1.54, 1.807) is 0 Å². The van der Waals surface area contributed by atoms with Crippen molar-refractivity contribution in [1.82, 2.24) is 4.90 Å². The zero-order valence-electron chi connectivity index (χ0n) is 40.7. The van der Waals surface area contributed by atoms with Crippen molar-refractivity contribution in [2.75, 3.05) is 13.0 Å². The molecular formula is C29H37F3N2O. The molecule has 4 rings (SSSR count). The molecule has 0 bridgehead atoms. The fraction of sp³-hybridized carbons (Fsp3) is 0.552. The third-order valence-corrected chi connectivity index (χ3v) is 5.02. The number of alkyl halides is 3. The highest BCUT2D eigenvalue weighted by molar-refractivity contribution is 5.98. The molecule has 2 aromatic carbocycles. The smallest absolute Gasteiger partial charge is 0.391 e. The molecule has 1 aliphatic heterocycles. The molecule has 2 aromatic rings. The van der Waals surface area contributed by atoms with Gasteiger partial charge in [0, 0.05) is 33.9 Å². The van der Waals surface area contributed by atoms with Crippen LogP contribution >= 0.6 is 0 Å². The summed E-state index contributed by atoms with van der Waals surface area (Å²) in [6.07, 6.45) is -23.4. The van der Waals surface area contributed by atoms with Crippen molar-refractivity contribution in [3.63, 3.8) is 0 Å². The van der Waals surface area contributed by atoms with Crippen LogP contribution in [0.3, 0.4) is 0 Å². The van der Waals surface area contributed by atoms with E-state index in [0.717, 1.165) is 18.2 Å². The van der Waals surface area contributed by atoms with Crippen LogP contribution in [0.2, 0.25) is 0 Å². The summed E-state index contributed by atoms with van der Waals surface area (Å²) in [5.74, 6) is -7.38. The van der Waals surface area contributed by atoms with Gasteiger partial charge in [0.1, 0.15) is 6.56 Å². The van der Waals surface area contributed by atoms with Crippen LogP contribution in [0.4, 0.5) is 13.2 Å². The quantitative estimate of drug-likeness (QED) is 0.269. The number of halogens is 3. The van der Waals surface area contributed by atoms with E-state index in [1.165, 1.54) is 6.92 Å². The van der Waals surface area contributed by atoms with Gasteiger partial charge in [0.25, 0.3) is 0 Å². The Morgan fingerprint density at radius 2 is 1.94 bits per heavy atom. The number of likely N-dealkylation sites (tertiary alicyclic amines) is 1. The Balaban J connectivity index is 1.84. The van der Waals surface area contributed by atoms with Gasteiger partial charge in [-0.05, 0) is 97.1 Å². The maximum absolute atomic E-state index is 14.7. The average molecular weight is 509 g/mol. The first-order valence-corrected chi connectivity index (χ1v) is 10.5. The molecule has 6 heteroatoms. The average Bonchev–Trinajstić information content (AvgIpc) is 3.04. The van der Waals surface area contributed by atoms with Gasteiger partial charge in [0.15, 0.2) is 0 Å². The van der Waals surface area contributed by atoms with Crippen LogP contribution in [0.5, 0.6) is 0 Å². The predicted octanol–water partition coefficient (Wildman–Crippen LogP) is 7.71. The topological polar surface area (TPSA) is 24.8 Å². The summed E-state index contributed by atoms with van der Waals surface area (Å²) >= 11 is 0. The van der Waals surface area contributed by atoms with Crippen LogP contribution in [0.1, 0.15) is 122 Å². The van der Waals surface area contributed by atoms with Gasteiger partial charge in [-0.3, -0.25) is 4.90 Å². The van der Waals surface area contributed by atoms with Gasteiger partial charge >= 0.3 is 6.18 Å². The van der Waals surface area contributed by atoms with Gasteiger partial charge in [-0.15, -0.1) is 0 Å². The molecule has 2 aliphatic rings. The van der Waals surface area contributed by atoms with Crippen molar-refractivity contribution < 1.29 is 48.2 Å². The Bertz CT molecular complexity index is 1900. The molecule has 0 spiro atoms. The monoisotopic (exact) mass is 508 g/mol. The van der Waals surface area contributed by atoms with Crippen molar-refractivity contribution in [3.05, 3.63) is 69.8 Å². The first kappa shape index (κ1) is 9.85. The fourth-order valence-corrected chi connectivity index (χ4v) is 3.20. The minimum Gasteiger partial charge on any atom is -0.391 e. The van der Waals surface area contributed by atoms with E-state index < -0.39 is 105 Å². The van der Waals surface area contributed by atoms with Gasteiger partial charge in [-0.1, -0.05) is 56.0 Å². The maximum Gasteiger partial charge on any atom is 0.416 e. The Morgan fingerprint density at radius 3 is 2.63 bits per heavy atom. The van der Waals surface area contributed by atoms with Crippen LogP contribution in [-0.4, -0.2) is 23.6 Å². The molecule has 0 unspecified atom stereocenters. The molecule has 190 valence electrons. The highest BCUT2D eigenvalue weighted by Gasteiger charge is 2.36. The first-order chi connectivity index (χ1) is 25.1. The molecule has 3 nitrogen and oxygen atoms in total. The van der Waals surface area contributed by atoms with Crippen molar-refractivity contribution in [2.45, 2.75) is 84.1 Å². The van der Waals surface area contributed by atoms with Gasteiger partial charge in [-0.25, -0.2) is 0 Å². The highest BCUT2D eigenvalue weighted by atomic mass is 19.4. The molecule has 1 aliphatic carbocycles. The summed E-state index contributed by atoms with van der Waals surface area (Å²) in [5.41, 5.74) is -6.56. The van der Waals surface area contributed by atoms with E-state index in [0.29, 0.717) is 13.0 Å². The molecule has 1 heterocycles. The predicted molar refractivity (Wildman–Crippen MR) is 135 cm³/mol. The van der Waals surface area contributed by atoms with Gasteiger partial charge < -0.3 is 4.84 Å². The molecule has 0 amide bonds. The van der Waals surface area contributed by atoms with Crippen LogP contribution in [0, 0.1) is 5.89 Å². The molecular weight excluding hydrogens is 449 g/mol. The fourth-order valence-electron chi connectivity index (χ4n) is 3.20. The van der Waals surface area contributed by atoms with E-state index in [4.69, 9.17) is 35.0 Å². The number of hydrogen-bond donors (Lipinski definition) is 0. The number of hydrogen-bond acceptors (Lipinski definition) is 3. The third-order valence-electron chi connectivity index (χ3n) is 5.02. The lowest BCUT2D eigenvalue weighted by atomic mass is 9.78. The van der Waals surface area contributed by atoms with E-state index in [-0.39, 0.29) is 40.1 Å². The normalized spacial score (nSPS) is 45.5. The molecule has 0 atom stereocenters. The van der Waals surface area contributed by atoms with Crippen LogP contribution in [0.25, 0.3) is 0 Å². The SMILES string of the molecule is [2H]C1C([2H])([2H])N(C([2H])([2H])c2ccc(/C(=N/OC([2H])([2H])c3ccc(C4([2H])C([2H])([2H])C([2H])([2H])C([2H])(C)C([2H])([2H])C4([2H])[2H])c(C(F)(F)F)c3)C([2H])([2H])[2H])cc2CC)C1([2H])[2H]. The Morgan fingerprint density at radius 1 is 1.17 bits per heavy atom. The number of rotatable bonds is 8. The van der Waals surface area contributed by atoms with Crippen molar-refractivity contribution in [2.24, 2.45) is 11.0 Å². The first-order valence-electron chi connectivity index (χ1n) is 21.5. The summed E-state index contributed by atoms with van der Waals surface area (Å²) in [5, 5.41) is 3.39. The Labute approximate surface area is 238 Å². The summed E-state index contributed by atoms with van der Waals surface area (Å²) < 4.78 is 226. The van der Waals surface area contributed by atoms with E-state index in [9.17, 15) is 13.2 Å². The zero-order chi connectivity index (χ0) is 44.6. The number of oxime groups is 1. The van der Waals surface area contributed by atoms with Gasteiger partial charge in [0.2, 0.25) is 0 Å². The number of aryl methyl sites for hydroxylation is 1. The third kappa shape index (κ3) is 6.46. The van der Waals surface area contributed by atoms with Crippen molar-refractivity contribution in [3.8, 4) is 0 Å². The highest BCUT2D eigenvalue weighted by Crippen LogP contribution is 2.42. The van der Waals surface area contributed by atoms with Crippen molar-refractivity contribution >= 4 is 5.71 Å². The maximum atomic E-state index is 14.7. The van der Waals surface area contributed by atoms with Crippen LogP contribution in [0.15, 0.2) is 41.6 Å². The lowest BCUT2D eigenvalue weighted by Gasteiger charge is -2.31. The standard InChI is InChI=1S/C29H37F3N2O/c1-4-23-17-25(11-12-26(23)18-34-14-5-15-34)21(3)33-35-19-22-8-13-27(28(16-22)29(30,31)32)24-9-6-20(2)7-10-24/h8,11-13,16-17,20,24H,4-7,9-10,14-15,18-19H2,1-3H3/b33-21+/i3D3,5D,6D2,7D2,9D2,10D2,14D2,15D2,18D2,19D2,20D,24D. The Kier molecular flexibility index (Phi) is 3.14. The molecule has 2 fully saturated rings.